The average Bonchev–Trinajstić information content (AvgIpc) is 3.16. The van der Waals surface area contributed by atoms with Gasteiger partial charge in [-0.25, -0.2) is 4.98 Å². The van der Waals surface area contributed by atoms with Gasteiger partial charge in [-0.3, -0.25) is 4.79 Å². The molecule has 0 saturated heterocycles. The van der Waals surface area contributed by atoms with Gasteiger partial charge in [-0.15, -0.1) is 0 Å². The molecule has 0 N–H and O–H groups in total. The maximum atomic E-state index is 12.0. The molecule has 2 unspecified atom stereocenters. The van der Waals surface area contributed by atoms with Crippen molar-refractivity contribution < 1.29 is 14.0 Å². The Labute approximate surface area is 215 Å². The predicted octanol–water partition coefficient (Wildman–Crippen LogP) is 5.85. The van der Waals surface area contributed by atoms with Crippen LogP contribution in [0.5, 0.6) is 0 Å². The molecule has 0 fully saturated rings. The summed E-state index contributed by atoms with van der Waals surface area (Å²) in [4.78, 5) is 16.4. The highest BCUT2D eigenvalue weighted by molar-refractivity contribution is 9.10. The molecule has 4 nitrogen and oxygen atoms in total. The first-order valence-electron chi connectivity index (χ1n) is 11.4. The number of pyridine rings is 1. The second-order valence-electron chi connectivity index (χ2n) is 9.76. The zero-order valence-electron chi connectivity index (χ0n) is 19.8. The zero-order valence-corrected chi connectivity index (χ0v) is 23.2. The van der Waals surface area contributed by atoms with Crippen molar-refractivity contribution in [2.75, 3.05) is 6.61 Å². The molecule has 178 valence electrons. The van der Waals surface area contributed by atoms with Crippen molar-refractivity contribution in [3.8, 4) is 0 Å². The van der Waals surface area contributed by atoms with Crippen LogP contribution in [0.25, 0.3) is 0 Å². The van der Waals surface area contributed by atoms with Gasteiger partial charge in [0.05, 0.1) is 5.02 Å². The zero-order chi connectivity index (χ0) is 24.5. The molecule has 1 aliphatic rings. The van der Waals surface area contributed by atoms with Gasteiger partial charge in [0, 0.05) is 31.2 Å². The van der Waals surface area contributed by atoms with E-state index in [1.54, 1.807) is 6.20 Å². The quantitative estimate of drug-likeness (QED) is 0.216. The Morgan fingerprint density at radius 2 is 1.65 bits per heavy atom. The third-order valence-electron chi connectivity index (χ3n) is 6.53. The van der Waals surface area contributed by atoms with Gasteiger partial charge in [0.2, 0.25) is 0 Å². The van der Waals surface area contributed by atoms with Crippen LogP contribution in [-0.4, -0.2) is 25.9 Å². The highest BCUT2D eigenvalue weighted by Gasteiger charge is 2.51. The van der Waals surface area contributed by atoms with Crippen LogP contribution in [0.15, 0.2) is 71.5 Å². The third kappa shape index (κ3) is 4.61. The number of carbonyl (C=O) groups excluding carboxylic acids is 1. The van der Waals surface area contributed by atoms with Gasteiger partial charge in [-0.1, -0.05) is 93.0 Å². The normalized spacial score (nSPS) is 17.9. The fourth-order valence-electron chi connectivity index (χ4n) is 5.10. The molecule has 1 heterocycles. The van der Waals surface area contributed by atoms with E-state index in [4.69, 9.17) is 20.8 Å². The number of fused-ring (bicyclic) bond motifs is 1. The number of benzene rings is 2. The summed E-state index contributed by atoms with van der Waals surface area (Å²) < 4.78 is 13.7. The van der Waals surface area contributed by atoms with Crippen molar-refractivity contribution in [2.24, 2.45) is 5.92 Å². The Morgan fingerprint density at radius 3 is 2.15 bits per heavy atom. The lowest BCUT2D eigenvalue weighted by atomic mass is 10.0. The molecule has 0 radical (unpaired) electrons. The molecule has 3 aromatic rings. The number of nitrogens with zero attached hydrogens (tertiary/aromatic N) is 1. The standard InChI is InChI=1S/C27H29BrClNO3Si/c1-18(31)33-25-19(15-22-24(25)23(29)16-30-26(22)28)17-32-34(27(2,3)4,20-11-7-5-8-12-20)21-13-9-6-10-14-21/h5-14,16,19,25H,15,17H2,1-4H3. The molecule has 4 rings (SSSR count). The number of esters is 1. The van der Waals surface area contributed by atoms with Crippen LogP contribution < -0.4 is 10.4 Å². The van der Waals surface area contributed by atoms with E-state index in [9.17, 15) is 4.79 Å². The Hall–Kier alpha value is -1.99. The van der Waals surface area contributed by atoms with Crippen molar-refractivity contribution >= 4 is 52.2 Å². The fourth-order valence-corrected chi connectivity index (χ4v) is 10.5. The van der Waals surface area contributed by atoms with Crippen molar-refractivity contribution in [1.82, 2.24) is 4.98 Å². The number of ether oxygens (including phenoxy) is 1. The molecule has 0 bridgehead atoms. The molecule has 1 aromatic heterocycles. The van der Waals surface area contributed by atoms with E-state index < -0.39 is 14.4 Å². The van der Waals surface area contributed by atoms with Crippen LogP contribution in [0.4, 0.5) is 0 Å². The maximum absolute atomic E-state index is 12.0. The van der Waals surface area contributed by atoms with Crippen molar-refractivity contribution in [3.05, 3.63) is 87.6 Å². The minimum absolute atomic E-state index is 0.0708. The smallest absolute Gasteiger partial charge is 0.303 e. The number of halogens is 2. The number of rotatable bonds is 6. The van der Waals surface area contributed by atoms with Gasteiger partial charge in [0.15, 0.2) is 0 Å². The van der Waals surface area contributed by atoms with E-state index in [2.05, 4.69) is 90.2 Å². The molecule has 1 aliphatic carbocycles. The number of hydrogen-bond acceptors (Lipinski definition) is 4. The van der Waals surface area contributed by atoms with Crippen LogP contribution in [0.1, 0.15) is 44.9 Å². The predicted molar refractivity (Wildman–Crippen MR) is 142 cm³/mol. The molecular formula is C27H29BrClNO3Si. The lowest BCUT2D eigenvalue weighted by Crippen LogP contribution is -2.67. The summed E-state index contributed by atoms with van der Waals surface area (Å²) in [6, 6.07) is 21.1. The van der Waals surface area contributed by atoms with Crippen LogP contribution in [0, 0.1) is 5.92 Å². The highest BCUT2D eigenvalue weighted by atomic mass is 79.9. The number of aromatic nitrogens is 1. The summed E-state index contributed by atoms with van der Waals surface area (Å²) in [5.74, 6) is -0.407. The van der Waals surface area contributed by atoms with Gasteiger partial charge in [-0.05, 0) is 43.3 Å². The van der Waals surface area contributed by atoms with E-state index in [0.29, 0.717) is 18.1 Å². The Balaban J connectivity index is 1.77. The SMILES string of the molecule is CC(=O)OC1c2c(Cl)cnc(Br)c2CC1CO[Si](c1ccccc1)(c1ccccc1)C(C)(C)C. The topological polar surface area (TPSA) is 48.4 Å². The van der Waals surface area contributed by atoms with Gasteiger partial charge in [0.25, 0.3) is 8.32 Å². The molecular weight excluding hydrogens is 530 g/mol. The monoisotopic (exact) mass is 557 g/mol. The Bertz CT molecular complexity index is 1130. The van der Waals surface area contributed by atoms with Crippen molar-refractivity contribution in [3.63, 3.8) is 0 Å². The molecule has 34 heavy (non-hydrogen) atoms. The summed E-state index contributed by atoms with van der Waals surface area (Å²) in [5.41, 5.74) is 1.81. The molecule has 0 amide bonds. The van der Waals surface area contributed by atoms with Crippen LogP contribution in [-0.2, 0) is 20.4 Å². The lowest BCUT2D eigenvalue weighted by molar-refractivity contribution is -0.149. The molecule has 0 aliphatic heterocycles. The second kappa shape index (κ2) is 9.94. The second-order valence-corrected chi connectivity index (χ2v) is 15.2. The van der Waals surface area contributed by atoms with Crippen LogP contribution >= 0.6 is 27.5 Å². The van der Waals surface area contributed by atoms with E-state index in [0.717, 1.165) is 15.7 Å². The van der Waals surface area contributed by atoms with E-state index in [1.807, 2.05) is 12.1 Å². The summed E-state index contributed by atoms with van der Waals surface area (Å²) in [6.45, 7) is 8.63. The lowest BCUT2D eigenvalue weighted by Gasteiger charge is -2.43. The Kier molecular flexibility index (Phi) is 7.34. The first-order valence-corrected chi connectivity index (χ1v) is 14.5. The number of hydrogen-bond donors (Lipinski definition) is 0. The van der Waals surface area contributed by atoms with Crippen LogP contribution in [0.3, 0.4) is 0 Å². The molecule has 0 saturated carbocycles. The summed E-state index contributed by atoms with van der Waals surface area (Å²) in [5, 5.41) is 2.80. The van der Waals surface area contributed by atoms with Gasteiger partial charge >= 0.3 is 5.97 Å². The summed E-state index contributed by atoms with van der Waals surface area (Å²) in [6.07, 6.45) is 1.80. The third-order valence-corrected chi connectivity index (χ3v) is 12.5. The molecule has 2 aromatic carbocycles. The fraction of sp³-hybridized carbons (Fsp3) is 0.333. The Morgan fingerprint density at radius 1 is 1.09 bits per heavy atom. The van der Waals surface area contributed by atoms with Gasteiger partial charge in [0.1, 0.15) is 10.7 Å². The first-order chi connectivity index (χ1) is 16.1. The van der Waals surface area contributed by atoms with E-state index >= 15 is 0 Å². The molecule has 2 atom stereocenters. The minimum atomic E-state index is -2.72. The van der Waals surface area contributed by atoms with E-state index in [1.165, 1.54) is 17.3 Å². The average molecular weight is 559 g/mol. The van der Waals surface area contributed by atoms with Crippen molar-refractivity contribution in [1.29, 1.82) is 0 Å². The minimum Gasteiger partial charge on any atom is -0.457 e. The van der Waals surface area contributed by atoms with Crippen molar-refractivity contribution in [2.45, 2.75) is 45.3 Å². The first kappa shape index (κ1) is 25.1. The largest absolute Gasteiger partial charge is 0.457 e. The molecule has 7 heteroatoms. The van der Waals surface area contributed by atoms with E-state index in [-0.39, 0.29) is 16.9 Å². The van der Waals surface area contributed by atoms with Gasteiger partial charge in [-0.2, -0.15) is 0 Å². The number of carbonyl (C=O) groups is 1. The molecule has 0 spiro atoms. The van der Waals surface area contributed by atoms with Gasteiger partial charge < -0.3 is 9.16 Å². The summed E-state index contributed by atoms with van der Waals surface area (Å²) >= 11 is 10.1. The summed E-state index contributed by atoms with van der Waals surface area (Å²) in [7, 11) is -2.72. The van der Waals surface area contributed by atoms with Crippen LogP contribution in [0.2, 0.25) is 10.1 Å². The maximum Gasteiger partial charge on any atom is 0.303 e. The highest BCUT2D eigenvalue weighted by Crippen LogP contribution is 2.46.